The number of benzene rings is 4. The van der Waals surface area contributed by atoms with E-state index < -0.39 is 5.97 Å². The van der Waals surface area contributed by atoms with Crippen LogP contribution in [0.5, 0.6) is 17.2 Å². The van der Waals surface area contributed by atoms with Crippen LogP contribution < -0.4 is 19.5 Å². The van der Waals surface area contributed by atoms with Gasteiger partial charge in [0, 0.05) is 17.7 Å². The lowest BCUT2D eigenvalue weighted by Crippen LogP contribution is -2.23. The minimum Gasteiger partial charge on any atom is -0.497 e. The molecule has 0 fully saturated rings. The Morgan fingerprint density at radius 1 is 0.971 bits per heavy atom. The van der Waals surface area contributed by atoms with Crippen molar-refractivity contribution in [2.45, 2.75) is 19.3 Å². The fourth-order valence-electron chi connectivity index (χ4n) is 4.48. The normalized spacial score (nSPS) is 14.7. The summed E-state index contributed by atoms with van der Waals surface area (Å²) in [6.07, 6.45) is 0.321. The largest absolute Gasteiger partial charge is 0.497 e. The van der Waals surface area contributed by atoms with E-state index in [1.54, 1.807) is 37.4 Å². The van der Waals surface area contributed by atoms with Crippen molar-refractivity contribution in [3.05, 3.63) is 95.6 Å². The first-order valence-electron chi connectivity index (χ1n) is 11.5. The Labute approximate surface area is 203 Å². The number of esters is 1. The highest BCUT2D eigenvalue weighted by Gasteiger charge is 2.28. The summed E-state index contributed by atoms with van der Waals surface area (Å²) < 4.78 is 16.6. The predicted octanol–water partition coefficient (Wildman–Crippen LogP) is 5.94. The van der Waals surface area contributed by atoms with Gasteiger partial charge in [-0.1, -0.05) is 42.5 Å². The third kappa shape index (κ3) is 4.43. The quantitative estimate of drug-likeness (QED) is 0.281. The van der Waals surface area contributed by atoms with Crippen molar-refractivity contribution in [1.29, 1.82) is 0 Å². The number of fused-ring (bicyclic) bond motifs is 3. The van der Waals surface area contributed by atoms with Gasteiger partial charge in [-0.05, 0) is 59.8 Å². The molecule has 176 valence electrons. The van der Waals surface area contributed by atoms with Crippen LogP contribution >= 0.6 is 0 Å². The summed E-state index contributed by atoms with van der Waals surface area (Å²) in [4.78, 5) is 25.4. The number of nitrogens with one attached hydrogen (secondary N) is 1. The van der Waals surface area contributed by atoms with Crippen LogP contribution in [0.25, 0.3) is 10.8 Å². The summed E-state index contributed by atoms with van der Waals surface area (Å²) in [7, 11) is 1.57. The van der Waals surface area contributed by atoms with Gasteiger partial charge in [0.2, 0.25) is 5.91 Å². The number of rotatable bonds is 6. The second kappa shape index (κ2) is 9.50. The monoisotopic (exact) mass is 467 g/mol. The molecular weight excluding hydrogens is 442 g/mol. The molecule has 0 saturated carbocycles. The molecule has 0 aliphatic carbocycles. The molecule has 1 aliphatic heterocycles. The topological polar surface area (TPSA) is 73.9 Å². The maximum Gasteiger partial charge on any atom is 0.343 e. The van der Waals surface area contributed by atoms with Gasteiger partial charge in [0.25, 0.3) is 0 Å². The van der Waals surface area contributed by atoms with Gasteiger partial charge < -0.3 is 19.5 Å². The molecule has 0 bridgehead atoms. The van der Waals surface area contributed by atoms with Crippen LogP contribution in [0.3, 0.4) is 0 Å². The van der Waals surface area contributed by atoms with Crippen LogP contribution in [0.2, 0.25) is 0 Å². The van der Waals surface area contributed by atoms with E-state index in [4.69, 9.17) is 14.2 Å². The lowest BCUT2D eigenvalue weighted by molar-refractivity contribution is -0.116. The van der Waals surface area contributed by atoms with Crippen molar-refractivity contribution in [3.8, 4) is 17.2 Å². The van der Waals surface area contributed by atoms with Gasteiger partial charge in [0.05, 0.1) is 25.0 Å². The lowest BCUT2D eigenvalue weighted by atomic mass is 9.83. The second-order valence-electron chi connectivity index (χ2n) is 8.31. The molecule has 1 unspecified atom stereocenters. The molecule has 4 aromatic rings. The molecule has 0 spiro atoms. The van der Waals surface area contributed by atoms with E-state index in [-0.39, 0.29) is 11.8 Å². The third-order valence-corrected chi connectivity index (χ3v) is 6.19. The number of carbonyl (C=O) groups excluding carboxylic acids is 2. The Hall–Kier alpha value is -4.32. The van der Waals surface area contributed by atoms with E-state index in [9.17, 15) is 9.59 Å². The van der Waals surface area contributed by atoms with Crippen molar-refractivity contribution in [2.24, 2.45) is 0 Å². The summed E-state index contributed by atoms with van der Waals surface area (Å²) in [5.41, 5.74) is 3.22. The highest BCUT2D eigenvalue weighted by Crippen LogP contribution is 2.43. The Morgan fingerprint density at radius 2 is 1.77 bits per heavy atom. The van der Waals surface area contributed by atoms with Crippen molar-refractivity contribution >= 4 is 28.3 Å². The van der Waals surface area contributed by atoms with Crippen LogP contribution in [-0.4, -0.2) is 25.6 Å². The number of carbonyl (C=O) groups is 2. The van der Waals surface area contributed by atoms with E-state index in [2.05, 4.69) is 17.4 Å². The van der Waals surface area contributed by atoms with Crippen molar-refractivity contribution in [1.82, 2.24) is 0 Å². The zero-order chi connectivity index (χ0) is 24.4. The Bertz CT molecular complexity index is 1410. The average molecular weight is 468 g/mol. The molecule has 1 amide bonds. The van der Waals surface area contributed by atoms with Gasteiger partial charge in [-0.2, -0.15) is 0 Å². The van der Waals surface area contributed by atoms with Crippen molar-refractivity contribution in [2.75, 3.05) is 19.0 Å². The fourth-order valence-corrected chi connectivity index (χ4v) is 4.48. The summed E-state index contributed by atoms with van der Waals surface area (Å²) in [5, 5.41) is 5.14. The van der Waals surface area contributed by atoms with Crippen LogP contribution in [0.1, 0.15) is 40.7 Å². The number of methoxy groups -OCH3 is 1. The smallest absolute Gasteiger partial charge is 0.343 e. The van der Waals surface area contributed by atoms with Gasteiger partial charge in [-0.25, -0.2) is 4.79 Å². The highest BCUT2D eigenvalue weighted by atomic mass is 16.6. The van der Waals surface area contributed by atoms with Crippen LogP contribution in [-0.2, 0) is 4.79 Å². The second-order valence-corrected chi connectivity index (χ2v) is 8.31. The Morgan fingerprint density at radius 3 is 2.54 bits per heavy atom. The summed E-state index contributed by atoms with van der Waals surface area (Å²) in [6.45, 7) is 2.28. The number of hydrogen-bond acceptors (Lipinski definition) is 5. The molecule has 5 rings (SSSR count). The molecule has 6 heteroatoms. The summed E-state index contributed by atoms with van der Waals surface area (Å²) in [6, 6.07) is 24.3. The molecule has 1 atom stereocenters. The molecule has 1 aliphatic rings. The van der Waals surface area contributed by atoms with Crippen LogP contribution in [0.4, 0.5) is 5.69 Å². The Balaban J connectivity index is 1.48. The van der Waals surface area contributed by atoms with Crippen molar-refractivity contribution in [3.63, 3.8) is 0 Å². The first kappa shape index (κ1) is 22.5. The van der Waals surface area contributed by atoms with Gasteiger partial charge in [0.1, 0.15) is 5.75 Å². The van der Waals surface area contributed by atoms with E-state index in [0.717, 1.165) is 27.6 Å². The van der Waals surface area contributed by atoms with E-state index >= 15 is 0 Å². The maximum absolute atomic E-state index is 12.7. The molecule has 1 N–H and O–H groups in total. The third-order valence-electron chi connectivity index (χ3n) is 6.19. The van der Waals surface area contributed by atoms with Gasteiger partial charge >= 0.3 is 5.97 Å². The lowest BCUT2D eigenvalue weighted by Gasteiger charge is -2.27. The van der Waals surface area contributed by atoms with E-state index in [1.165, 1.54) is 0 Å². The SMILES string of the molecule is CCOc1cc(C2CC(=O)Nc3c2ccc2ccccc32)ccc1OC(=O)c1ccc(OC)cc1. The minimum absolute atomic E-state index is 0.0353. The zero-order valence-electron chi connectivity index (χ0n) is 19.5. The summed E-state index contributed by atoms with van der Waals surface area (Å²) in [5.74, 6) is 0.775. The molecule has 35 heavy (non-hydrogen) atoms. The zero-order valence-corrected chi connectivity index (χ0v) is 19.5. The first-order chi connectivity index (χ1) is 17.1. The minimum atomic E-state index is -0.491. The van der Waals surface area contributed by atoms with Crippen LogP contribution in [0, 0.1) is 0 Å². The van der Waals surface area contributed by atoms with E-state index in [0.29, 0.717) is 35.8 Å². The number of amides is 1. The predicted molar refractivity (Wildman–Crippen MR) is 135 cm³/mol. The molecule has 1 heterocycles. The molecule has 0 radical (unpaired) electrons. The fraction of sp³-hybridized carbons (Fsp3) is 0.172. The average Bonchev–Trinajstić information content (AvgIpc) is 2.89. The summed E-state index contributed by atoms with van der Waals surface area (Å²) >= 11 is 0. The number of ether oxygens (including phenoxy) is 3. The molecule has 4 aromatic carbocycles. The van der Waals surface area contributed by atoms with E-state index in [1.807, 2.05) is 43.3 Å². The van der Waals surface area contributed by atoms with Gasteiger partial charge in [0.15, 0.2) is 11.5 Å². The maximum atomic E-state index is 12.7. The number of anilines is 1. The highest BCUT2D eigenvalue weighted by molar-refractivity contribution is 6.06. The van der Waals surface area contributed by atoms with Gasteiger partial charge in [-0.15, -0.1) is 0 Å². The van der Waals surface area contributed by atoms with Crippen molar-refractivity contribution < 1.29 is 23.8 Å². The first-order valence-corrected chi connectivity index (χ1v) is 11.5. The molecule has 0 aromatic heterocycles. The van der Waals surface area contributed by atoms with Gasteiger partial charge in [-0.3, -0.25) is 4.79 Å². The number of hydrogen-bond donors (Lipinski definition) is 1. The Kier molecular flexibility index (Phi) is 6.10. The molecule has 0 saturated heterocycles. The molecule has 6 nitrogen and oxygen atoms in total. The van der Waals surface area contributed by atoms with Crippen LogP contribution in [0.15, 0.2) is 78.9 Å². The standard InChI is InChI=1S/C29H25NO5/c1-3-34-26-16-20(11-15-25(26)35-29(32)19-8-12-21(33-2)13-9-19)24-17-27(31)30-28-22-7-5-4-6-18(22)10-14-23(24)28/h4-16,24H,3,17H2,1-2H3,(H,30,31). The molecular formula is C29H25NO5.